The monoisotopic (exact) mass is 259 g/mol. The molecule has 1 aromatic carbocycles. The SMILES string of the molecule is COC(=O)CCC(=O)Nc1ccc(F)cc1Cl. The average Bonchev–Trinajstić information content (AvgIpc) is 2.29. The van der Waals surface area contributed by atoms with Crippen molar-refractivity contribution in [1.29, 1.82) is 0 Å². The van der Waals surface area contributed by atoms with Gasteiger partial charge in [-0.1, -0.05) is 11.6 Å². The molecule has 0 saturated carbocycles. The van der Waals surface area contributed by atoms with Crippen molar-refractivity contribution in [3.05, 3.63) is 29.0 Å². The first kappa shape index (κ1) is 13.4. The minimum Gasteiger partial charge on any atom is -0.469 e. The summed E-state index contributed by atoms with van der Waals surface area (Å²) in [5, 5.41) is 2.58. The molecule has 1 amide bonds. The lowest BCUT2D eigenvalue weighted by molar-refractivity contribution is -0.141. The first-order chi connectivity index (χ1) is 8.02. The Balaban J connectivity index is 2.53. The number of carbonyl (C=O) groups excluding carboxylic acids is 2. The molecule has 0 unspecified atom stereocenters. The summed E-state index contributed by atoms with van der Waals surface area (Å²) in [5.74, 6) is -1.34. The highest BCUT2D eigenvalue weighted by Gasteiger charge is 2.09. The number of anilines is 1. The second-order valence-corrected chi connectivity index (χ2v) is 3.66. The molecule has 0 aliphatic rings. The number of ether oxygens (including phenoxy) is 1. The van der Waals surface area contributed by atoms with Gasteiger partial charge in [-0.2, -0.15) is 0 Å². The second kappa shape index (κ2) is 6.20. The molecule has 0 bridgehead atoms. The molecule has 1 N–H and O–H groups in total. The van der Waals surface area contributed by atoms with E-state index in [1.54, 1.807) is 0 Å². The number of amides is 1. The molecule has 0 aromatic heterocycles. The third kappa shape index (κ3) is 4.40. The lowest BCUT2D eigenvalue weighted by atomic mass is 10.2. The molecular weight excluding hydrogens is 249 g/mol. The largest absolute Gasteiger partial charge is 0.469 e. The summed E-state index contributed by atoms with van der Waals surface area (Å²) in [7, 11) is 1.25. The van der Waals surface area contributed by atoms with Gasteiger partial charge in [0.15, 0.2) is 0 Å². The maximum Gasteiger partial charge on any atom is 0.306 e. The first-order valence-electron chi connectivity index (χ1n) is 4.84. The van der Waals surface area contributed by atoms with Gasteiger partial charge in [0.25, 0.3) is 0 Å². The highest BCUT2D eigenvalue weighted by Crippen LogP contribution is 2.22. The van der Waals surface area contributed by atoms with Crippen molar-refractivity contribution in [3.8, 4) is 0 Å². The molecule has 0 aliphatic heterocycles. The van der Waals surface area contributed by atoms with E-state index in [0.29, 0.717) is 5.69 Å². The van der Waals surface area contributed by atoms with Crippen LogP contribution in [0, 0.1) is 5.82 Å². The molecule has 92 valence electrons. The fourth-order valence-corrected chi connectivity index (χ4v) is 1.34. The van der Waals surface area contributed by atoms with E-state index < -0.39 is 11.8 Å². The van der Waals surface area contributed by atoms with Crippen LogP contribution >= 0.6 is 11.6 Å². The summed E-state index contributed by atoms with van der Waals surface area (Å²) in [4.78, 5) is 22.2. The Labute approximate surface area is 103 Å². The molecule has 0 atom stereocenters. The van der Waals surface area contributed by atoms with E-state index in [1.165, 1.54) is 19.2 Å². The third-order valence-corrected chi connectivity index (χ3v) is 2.30. The molecule has 6 heteroatoms. The maximum absolute atomic E-state index is 12.7. The zero-order valence-electron chi connectivity index (χ0n) is 9.13. The molecule has 1 aromatic rings. The second-order valence-electron chi connectivity index (χ2n) is 3.25. The highest BCUT2D eigenvalue weighted by molar-refractivity contribution is 6.33. The van der Waals surface area contributed by atoms with Crippen molar-refractivity contribution in [3.63, 3.8) is 0 Å². The Hall–Kier alpha value is -1.62. The van der Waals surface area contributed by atoms with Crippen LogP contribution in [0.25, 0.3) is 0 Å². The number of carbonyl (C=O) groups is 2. The van der Waals surface area contributed by atoms with Crippen molar-refractivity contribution in [2.45, 2.75) is 12.8 Å². The Morgan fingerprint density at radius 1 is 1.41 bits per heavy atom. The van der Waals surface area contributed by atoms with Crippen LogP contribution in [0.1, 0.15) is 12.8 Å². The van der Waals surface area contributed by atoms with Gasteiger partial charge in [-0.05, 0) is 18.2 Å². The van der Waals surface area contributed by atoms with Gasteiger partial charge in [-0.15, -0.1) is 0 Å². The van der Waals surface area contributed by atoms with Gasteiger partial charge in [0.2, 0.25) is 5.91 Å². The maximum atomic E-state index is 12.7. The van der Waals surface area contributed by atoms with Crippen LogP contribution in [0.4, 0.5) is 10.1 Å². The van der Waals surface area contributed by atoms with E-state index in [0.717, 1.165) is 6.07 Å². The summed E-state index contributed by atoms with van der Waals surface area (Å²) >= 11 is 5.72. The molecule has 0 heterocycles. The number of methoxy groups -OCH3 is 1. The number of hydrogen-bond donors (Lipinski definition) is 1. The van der Waals surface area contributed by atoms with Crippen molar-refractivity contribution in [2.75, 3.05) is 12.4 Å². The molecule has 1 rings (SSSR count). The minimum absolute atomic E-state index is 0.0128. The fraction of sp³-hybridized carbons (Fsp3) is 0.273. The van der Waals surface area contributed by atoms with Gasteiger partial charge < -0.3 is 10.1 Å². The molecule has 0 radical (unpaired) electrons. The van der Waals surface area contributed by atoms with E-state index in [1.807, 2.05) is 0 Å². The fourth-order valence-electron chi connectivity index (χ4n) is 1.12. The van der Waals surface area contributed by atoms with Crippen molar-refractivity contribution >= 4 is 29.2 Å². The Kier molecular flexibility index (Phi) is 4.90. The number of hydrogen-bond acceptors (Lipinski definition) is 3. The normalized spacial score (nSPS) is 9.82. The number of rotatable bonds is 4. The summed E-state index contributed by atoms with van der Waals surface area (Å²) < 4.78 is 17.1. The Morgan fingerprint density at radius 3 is 2.71 bits per heavy atom. The van der Waals surface area contributed by atoms with Crippen molar-refractivity contribution in [1.82, 2.24) is 0 Å². The summed E-state index contributed by atoms with van der Waals surface area (Å²) in [5.41, 5.74) is 0.308. The number of benzene rings is 1. The number of halogens is 2. The minimum atomic E-state index is -0.484. The van der Waals surface area contributed by atoms with Gasteiger partial charge in [0, 0.05) is 6.42 Å². The molecule has 17 heavy (non-hydrogen) atoms. The lowest BCUT2D eigenvalue weighted by Crippen LogP contribution is -2.14. The average molecular weight is 260 g/mol. The van der Waals surface area contributed by atoms with Crippen LogP contribution in [0.5, 0.6) is 0 Å². The van der Waals surface area contributed by atoms with Crippen LogP contribution < -0.4 is 5.32 Å². The zero-order chi connectivity index (χ0) is 12.8. The Bertz CT molecular complexity index is 437. The Morgan fingerprint density at radius 2 is 2.12 bits per heavy atom. The van der Waals surface area contributed by atoms with Crippen LogP contribution in [0.3, 0.4) is 0 Å². The molecule has 0 saturated heterocycles. The van der Waals surface area contributed by atoms with Gasteiger partial charge in [0.1, 0.15) is 5.82 Å². The van der Waals surface area contributed by atoms with E-state index in [2.05, 4.69) is 10.1 Å². The summed E-state index contributed by atoms with van der Waals surface area (Å²) in [6, 6.07) is 3.63. The van der Waals surface area contributed by atoms with Gasteiger partial charge in [-0.3, -0.25) is 9.59 Å². The van der Waals surface area contributed by atoms with Crippen LogP contribution in [0.15, 0.2) is 18.2 Å². The predicted molar refractivity (Wildman–Crippen MR) is 61.3 cm³/mol. The summed E-state index contributed by atoms with van der Waals surface area (Å²) in [6.45, 7) is 0. The third-order valence-electron chi connectivity index (χ3n) is 1.99. The molecule has 0 fully saturated rings. The predicted octanol–water partition coefficient (Wildman–Crippen LogP) is 2.37. The van der Waals surface area contributed by atoms with Crippen molar-refractivity contribution in [2.24, 2.45) is 0 Å². The van der Waals surface area contributed by atoms with Crippen LogP contribution in [-0.2, 0) is 14.3 Å². The lowest BCUT2D eigenvalue weighted by Gasteiger charge is -2.06. The first-order valence-corrected chi connectivity index (χ1v) is 5.22. The molecule has 0 aliphatic carbocycles. The molecular formula is C11H11ClFNO3. The van der Waals surface area contributed by atoms with E-state index in [4.69, 9.17) is 11.6 Å². The smallest absolute Gasteiger partial charge is 0.306 e. The quantitative estimate of drug-likeness (QED) is 0.845. The molecule has 0 spiro atoms. The van der Waals surface area contributed by atoms with Gasteiger partial charge in [-0.25, -0.2) is 4.39 Å². The zero-order valence-corrected chi connectivity index (χ0v) is 9.88. The van der Waals surface area contributed by atoms with Crippen LogP contribution in [-0.4, -0.2) is 19.0 Å². The number of nitrogens with one attached hydrogen (secondary N) is 1. The van der Waals surface area contributed by atoms with Crippen LogP contribution in [0.2, 0.25) is 5.02 Å². The molecule has 4 nitrogen and oxygen atoms in total. The highest BCUT2D eigenvalue weighted by atomic mass is 35.5. The van der Waals surface area contributed by atoms with Gasteiger partial charge in [0.05, 0.1) is 24.2 Å². The number of esters is 1. The van der Waals surface area contributed by atoms with E-state index in [9.17, 15) is 14.0 Å². The summed E-state index contributed by atoms with van der Waals surface area (Å²) in [6.07, 6.45) is -0.0263. The van der Waals surface area contributed by atoms with Crippen molar-refractivity contribution < 1.29 is 18.7 Å². The topological polar surface area (TPSA) is 55.4 Å². The van der Waals surface area contributed by atoms with Gasteiger partial charge >= 0.3 is 5.97 Å². The van der Waals surface area contributed by atoms with E-state index in [-0.39, 0.29) is 23.8 Å². The standard InChI is InChI=1S/C11H11ClFNO3/c1-17-11(16)5-4-10(15)14-9-3-2-7(13)6-8(9)12/h2-3,6H,4-5H2,1H3,(H,14,15). The van der Waals surface area contributed by atoms with E-state index >= 15 is 0 Å².